The van der Waals surface area contributed by atoms with Crippen LogP contribution in [-0.2, 0) is 9.53 Å². The summed E-state index contributed by atoms with van der Waals surface area (Å²) in [6.07, 6.45) is 0. The number of nitrogens with one attached hydrogen (secondary N) is 1. The number of rotatable bonds is 6. The Morgan fingerprint density at radius 2 is 2.38 bits per heavy atom. The molecular formula is C9H15N3O2S2. The minimum absolute atomic E-state index is 0.0117. The summed E-state index contributed by atoms with van der Waals surface area (Å²) >= 11 is 2.90. The summed E-state index contributed by atoms with van der Waals surface area (Å²) in [7, 11) is 1.61. The molecule has 0 aliphatic heterocycles. The first-order chi connectivity index (χ1) is 7.61. The maximum atomic E-state index is 11.5. The van der Waals surface area contributed by atoms with Crippen molar-refractivity contribution >= 4 is 29.0 Å². The van der Waals surface area contributed by atoms with E-state index in [1.807, 2.05) is 13.8 Å². The van der Waals surface area contributed by atoms with Crippen LogP contribution in [0.3, 0.4) is 0 Å². The van der Waals surface area contributed by atoms with Gasteiger partial charge in [-0.15, -0.1) is 10.2 Å². The third kappa shape index (κ3) is 4.91. The smallest absolute Gasteiger partial charge is 0.230 e. The maximum absolute atomic E-state index is 11.5. The molecule has 7 heteroatoms. The van der Waals surface area contributed by atoms with E-state index in [-0.39, 0.29) is 11.9 Å². The van der Waals surface area contributed by atoms with Gasteiger partial charge in [-0.05, 0) is 13.8 Å². The Morgan fingerprint density at radius 1 is 1.62 bits per heavy atom. The highest BCUT2D eigenvalue weighted by Gasteiger charge is 2.09. The largest absolute Gasteiger partial charge is 0.383 e. The van der Waals surface area contributed by atoms with Gasteiger partial charge in [0.2, 0.25) is 5.91 Å². The molecule has 0 bridgehead atoms. The van der Waals surface area contributed by atoms with E-state index in [0.29, 0.717) is 12.4 Å². The Morgan fingerprint density at radius 3 is 2.94 bits per heavy atom. The van der Waals surface area contributed by atoms with E-state index in [4.69, 9.17) is 4.74 Å². The van der Waals surface area contributed by atoms with Crippen LogP contribution >= 0.6 is 23.1 Å². The number of nitrogens with zero attached hydrogens (tertiary/aromatic N) is 2. The normalized spacial score (nSPS) is 12.4. The number of carbonyl (C=O) groups is 1. The summed E-state index contributed by atoms with van der Waals surface area (Å²) in [5, 5.41) is 11.6. The number of amides is 1. The van der Waals surface area contributed by atoms with E-state index in [1.54, 1.807) is 7.11 Å². The highest BCUT2D eigenvalue weighted by atomic mass is 32.2. The van der Waals surface area contributed by atoms with Crippen molar-refractivity contribution in [1.29, 1.82) is 0 Å². The summed E-state index contributed by atoms with van der Waals surface area (Å²) in [5.41, 5.74) is 0. The van der Waals surface area contributed by atoms with Gasteiger partial charge in [-0.2, -0.15) is 0 Å². The van der Waals surface area contributed by atoms with Gasteiger partial charge in [0.05, 0.1) is 12.4 Å². The van der Waals surface area contributed by atoms with Gasteiger partial charge in [-0.1, -0.05) is 23.1 Å². The fourth-order valence-electron chi connectivity index (χ4n) is 1.07. The summed E-state index contributed by atoms with van der Waals surface area (Å²) in [5.74, 6) is 0.352. The minimum atomic E-state index is -0.0117. The lowest BCUT2D eigenvalue weighted by Gasteiger charge is -2.11. The average Bonchev–Trinajstić information content (AvgIpc) is 2.61. The number of methoxy groups -OCH3 is 1. The van der Waals surface area contributed by atoms with Crippen molar-refractivity contribution in [3.63, 3.8) is 0 Å². The summed E-state index contributed by atoms with van der Waals surface area (Å²) < 4.78 is 5.75. The SMILES string of the molecule is COCC(C)NC(=O)CSc1nnc(C)s1. The molecule has 1 aromatic heterocycles. The first-order valence-electron chi connectivity index (χ1n) is 4.83. The molecule has 16 heavy (non-hydrogen) atoms. The predicted octanol–water partition coefficient (Wildman–Crippen LogP) is 1.09. The zero-order chi connectivity index (χ0) is 12.0. The minimum Gasteiger partial charge on any atom is -0.383 e. The lowest BCUT2D eigenvalue weighted by Crippen LogP contribution is -2.36. The number of aromatic nitrogens is 2. The van der Waals surface area contributed by atoms with Gasteiger partial charge < -0.3 is 10.1 Å². The molecule has 0 saturated carbocycles. The van der Waals surface area contributed by atoms with Gasteiger partial charge in [0, 0.05) is 13.2 Å². The summed E-state index contributed by atoms with van der Waals surface area (Å²) in [6, 6.07) is 0.0363. The third-order valence-corrected chi connectivity index (χ3v) is 3.63. The van der Waals surface area contributed by atoms with E-state index in [1.165, 1.54) is 23.1 Å². The van der Waals surface area contributed by atoms with Crippen LogP contribution in [0.5, 0.6) is 0 Å². The molecule has 1 rings (SSSR count). The Hall–Kier alpha value is -0.660. The van der Waals surface area contributed by atoms with E-state index < -0.39 is 0 Å². The lowest BCUT2D eigenvalue weighted by atomic mass is 10.3. The Kier molecular flexibility index (Phi) is 5.72. The Labute approximate surface area is 103 Å². The number of ether oxygens (including phenoxy) is 1. The van der Waals surface area contributed by atoms with E-state index >= 15 is 0 Å². The van der Waals surface area contributed by atoms with Crippen LogP contribution in [0.4, 0.5) is 0 Å². The molecule has 1 heterocycles. The number of hydrogen-bond acceptors (Lipinski definition) is 6. The maximum Gasteiger partial charge on any atom is 0.230 e. The van der Waals surface area contributed by atoms with Crippen molar-refractivity contribution in [1.82, 2.24) is 15.5 Å². The summed E-state index contributed by atoms with van der Waals surface area (Å²) in [6.45, 7) is 4.32. The van der Waals surface area contributed by atoms with Crippen molar-refractivity contribution in [2.75, 3.05) is 19.5 Å². The average molecular weight is 261 g/mol. The second-order valence-electron chi connectivity index (χ2n) is 3.30. The van der Waals surface area contributed by atoms with Gasteiger partial charge >= 0.3 is 0 Å². The second-order valence-corrected chi connectivity index (χ2v) is 5.70. The molecule has 0 fully saturated rings. The number of hydrogen-bond donors (Lipinski definition) is 1. The van der Waals surface area contributed by atoms with Gasteiger partial charge in [-0.3, -0.25) is 4.79 Å². The van der Waals surface area contributed by atoms with E-state index in [2.05, 4.69) is 15.5 Å². The van der Waals surface area contributed by atoms with Crippen LogP contribution < -0.4 is 5.32 Å². The van der Waals surface area contributed by atoms with Gasteiger partial charge in [0.1, 0.15) is 5.01 Å². The monoisotopic (exact) mass is 261 g/mol. The molecular weight excluding hydrogens is 246 g/mol. The molecule has 0 saturated heterocycles. The molecule has 0 spiro atoms. The van der Waals surface area contributed by atoms with Crippen molar-refractivity contribution in [2.24, 2.45) is 0 Å². The van der Waals surface area contributed by atoms with Crippen molar-refractivity contribution in [3.05, 3.63) is 5.01 Å². The van der Waals surface area contributed by atoms with Crippen LogP contribution in [-0.4, -0.2) is 41.6 Å². The zero-order valence-electron chi connectivity index (χ0n) is 9.52. The standard InChI is InChI=1S/C9H15N3O2S2/c1-6(4-14-3)10-8(13)5-15-9-12-11-7(2)16-9/h6H,4-5H2,1-3H3,(H,10,13). The lowest BCUT2D eigenvalue weighted by molar-refractivity contribution is -0.119. The number of aryl methyl sites for hydroxylation is 1. The van der Waals surface area contributed by atoms with Crippen LogP contribution in [0.25, 0.3) is 0 Å². The van der Waals surface area contributed by atoms with Crippen LogP contribution in [0.2, 0.25) is 0 Å². The molecule has 1 amide bonds. The molecule has 1 N–H and O–H groups in total. The Balaban J connectivity index is 2.25. The van der Waals surface area contributed by atoms with E-state index in [0.717, 1.165) is 9.35 Å². The molecule has 0 radical (unpaired) electrons. The molecule has 1 aromatic rings. The van der Waals surface area contributed by atoms with Gasteiger partial charge in [-0.25, -0.2) is 0 Å². The molecule has 0 aromatic carbocycles. The quantitative estimate of drug-likeness (QED) is 0.777. The molecule has 5 nitrogen and oxygen atoms in total. The number of thioether (sulfide) groups is 1. The van der Waals surface area contributed by atoms with E-state index in [9.17, 15) is 4.79 Å². The zero-order valence-corrected chi connectivity index (χ0v) is 11.2. The predicted molar refractivity (Wildman–Crippen MR) is 64.9 cm³/mol. The first kappa shape index (κ1) is 13.4. The van der Waals surface area contributed by atoms with Crippen LogP contribution in [0.15, 0.2) is 4.34 Å². The van der Waals surface area contributed by atoms with Crippen molar-refractivity contribution in [2.45, 2.75) is 24.2 Å². The summed E-state index contributed by atoms with van der Waals surface area (Å²) in [4.78, 5) is 11.5. The third-order valence-electron chi connectivity index (χ3n) is 1.66. The van der Waals surface area contributed by atoms with Crippen LogP contribution in [0, 0.1) is 6.92 Å². The van der Waals surface area contributed by atoms with Crippen molar-refractivity contribution < 1.29 is 9.53 Å². The second kappa shape index (κ2) is 6.82. The molecule has 0 aliphatic carbocycles. The molecule has 90 valence electrons. The highest BCUT2D eigenvalue weighted by molar-refractivity contribution is 8.01. The van der Waals surface area contributed by atoms with Gasteiger partial charge in [0.25, 0.3) is 0 Å². The fourth-order valence-corrected chi connectivity index (χ4v) is 2.70. The number of carbonyl (C=O) groups excluding carboxylic acids is 1. The molecule has 1 atom stereocenters. The van der Waals surface area contributed by atoms with Crippen LogP contribution in [0.1, 0.15) is 11.9 Å². The topological polar surface area (TPSA) is 64.1 Å². The van der Waals surface area contributed by atoms with Crippen molar-refractivity contribution in [3.8, 4) is 0 Å². The highest BCUT2D eigenvalue weighted by Crippen LogP contribution is 2.21. The van der Waals surface area contributed by atoms with Gasteiger partial charge in [0.15, 0.2) is 4.34 Å². The molecule has 1 unspecified atom stereocenters. The Bertz CT molecular complexity index is 343. The fraction of sp³-hybridized carbons (Fsp3) is 0.667. The first-order valence-corrected chi connectivity index (χ1v) is 6.63. The molecule has 0 aliphatic rings.